The molecule has 0 spiro atoms. The normalized spacial score (nSPS) is 12.0. The van der Waals surface area contributed by atoms with E-state index in [2.05, 4.69) is 48.2 Å². The number of nitrogens with zero attached hydrogens (tertiary/aromatic N) is 3. The maximum atomic E-state index is 12.0. The first-order valence-corrected chi connectivity index (χ1v) is 8.76. The summed E-state index contributed by atoms with van der Waals surface area (Å²) in [5, 5.41) is 11.5. The van der Waals surface area contributed by atoms with Gasteiger partial charge >= 0.3 is 5.69 Å². The van der Waals surface area contributed by atoms with E-state index in [0.29, 0.717) is 17.3 Å². The third kappa shape index (κ3) is 4.29. The molecule has 0 atom stereocenters. The third-order valence-electron chi connectivity index (χ3n) is 4.07. The summed E-state index contributed by atoms with van der Waals surface area (Å²) in [6, 6.07) is 15.6. The van der Waals surface area contributed by atoms with Crippen LogP contribution in [0, 0.1) is 0 Å². The molecule has 0 aliphatic heterocycles. The van der Waals surface area contributed by atoms with Crippen molar-refractivity contribution in [3.8, 4) is 0 Å². The number of rotatable bonds is 4. The molecule has 1 aromatic heterocycles. The van der Waals surface area contributed by atoms with E-state index in [1.807, 2.05) is 36.4 Å². The molecule has 0 fully saturated rings. The average Bonchev–Trinajstić information content (AvgIpc) is 2.92. The molecular weight excluding hydrogens is 348 g/mol. The minimum Gasteiger partial charge on any atom is -0.244 e. The van der Waals surface area contributed by atoms with Gasteiger partial charge in [0.2, 0.25) is 0 Å². The number of H-pyrrole nitrogens is 1. The molecule has 0 radical (unpaired) electrons. The Hall–Kier alpha value is -2.66. The molecule has 6 heteroatoms. The highest BCUT2D eigenvalue weighted by Crippen LogP contribution is 2.21. The zero-order valence-corrected chi connectivity index (χ0v) is 15.8. The van der Waals surface area contributed by atoms with E-state index in [4.69, 9.17) is 11.6 Å². The number of hydrogen-bond acceptors (Lipinski definition) is 3. The Labute approximate surface area is 157 Å². The van der Waals surface area contributed by atoms with Crippen molar-refractivity contribution in [2.75, 3.05) is 0 Å². The van der Waals surface area contributed by atoms with Gasteiger partial charge in [-0.1, -0.05) is 68.8 Å². The van der Waals surface area contributed by atoms with Crippen molar-refractivity contribution in [3.05, 3.63) is 86.6 Å². The maximum absolute atomic E-state index is 12.0. The fourth-order valence-corrected chi connectivity index (χ4v) is 2.79. The Balaban J connectivity index is 1.83. The lowest BCUT2D eigenvalue weighted by molar-refractivity contribution is 0.590. The van der Waals surface area contributed by atoms with E-state index in [-0.39, 0.29) is 11.1 Å². The fourth-order valence-electron chi connectivity index (χ4n) is 2.58. The maximum Gasteiger partial charge on any atom is 0.364 e. The van der Waals surface area contributed by atoms with E-state index in [9.17, 15) is 4.79 Å². The quantitative estimate of drug-likeness (QED) is 0.707. The molecule has 26 heavy (non-hydrogen) atoms. The predicted molar refractivity (Wildman–Crippen MR) is 105 cm³/mol. The first-order chi connectivity index (χ1) is 12.3. The molecule has 1 N–H and O–H groups in total. The summed E-state index contributed by atoms with van der Waals surface area (Å²) in [4.78, 5) is 12.0. The van der Waals surface area contributed by atoms with Gasteiger partial charge in [-0.3, -0.25) is 0 Å². The second kappa shape index (κ2) is 7.30. The van der Waals surface area contributed by atoms with Crippen LogP contribution < -0.4 is 5.69 Å². The van der Waals surface area contributed by atoms with Crippen molar-refractivity contribution in [2.45, 2.75) is 32.6 Å². The molecular formula is C20H21ClN4O. The lowest BCUT2D eigenvalue weighted by atomic mass is 9.87. The van der Waals surface area contributed by atoms with Crippen LogP contribution in [-0.4, -0.2) is 21.1 Å². The topological polar surface area (TPSA) is 63.0 Å². The molecule has 0 saturated carbocycles. The van der Waals surface area contributed by atoms with Crippen LogP contribution in [0.3, 0.4) is 0 Å². The van der Waals surface area contributed by atoms with Crippen molar-refractivity contribution in [2.24, 2.45) is 5.10 Å². The number of nitrogens with one attached hydrogen (secondary N) is 1. The molecule has 0 saturated heterocycles. The van der Waals surface area contributed by atoms with E-state index in [0.717, 1.165) is 11.1 Å². The minimum absolute atomic E-state index is 0.0985. The Bertz CT molecular complexity index is 978. The highest BCUT2D eigenvalue weighted by atomic mass is 35.5. The lowest BCUT2D eigenvalue weighted by Crippen LogP contribution is -2.15. The smallest absolute Gasteiger partial charge is 0.244 e. The third-order valence-corrected chi connectivity index (χ3v) is 4.30. The molecule has 0 aliphatic carbocycles. The lowest BCUT2D eigenvalue weighted by Gasteiger charge is -2.18. The van der Waals surface area contributed by atoms with Crippen LogP contribution in [0.4, 0.5) is 0 Å². The van der Waals surface area contributed by atoms with Crippen LogP contribution >= 0.6 is 11.6 Å². The average molecular weight is 369 g/mol. The summed E-state index contributed by atoms with van der Waals surface area (Å²) in [6.45, 7) is 6.51. The summed E-state index contributed by atoms with van der Waals surface area (Å²) in [5.41, 5.74) is 2.85. The first-order valence-electron chi connectivity index (χ1n) is 8.38. The number of benzene rings is 2. The second-order valence-corrected chi connectivity index (χ2v) is 7.62. The Kier molecular flexibility index (Phi) is 5.09. The van der Waals surface area contributed by atoms with Gasteiger partial charge in [0.05, 0.1) is 6.21 Å². The minimum atomic E-state index is -0.371. The number of halogens is 1. The molecule has 2 aromatic carbocycles. The van der Waals surface area contributed by atoms with Crippen LogP contribution in [0.25, 0.3) is 0 Å². The standard InChI is InChI=1S/C20H21ClN4O/c1-20(2,3)16-9-7-14(8-10-16)13-22-25-18(23-24-19(25)26)12-15-5-4-6-17(21)11-15/h4-11,13H,12H2,1-3H3,(H,24,26). The number of aromatic nitrogens is 3. The Morgan fingerprint density at radius 1 is 1.19 bits per heavy atom. The second-order valence-electron chi connectivity index (χ2n) is 7.18. The summed E-state index contributed by atoms with van der Waals surface area (Å²) >= 11 is 6.02. The zero-order valence-electron chi connectivity index (χ0n) is 15.0. The summed E-state index contributed by atoms with van der Waals surface area (Å²) in [5.74, 6) is 0.528. The molecule has 5 nitrogen and oxygen atoms in total. The summed E-state index contributed by atoms with van der Waals surface area (Å²) in [6.07, 6.45) is 2.12. The Morgan fingerprint density at radius 3 is 2.58 bits per heavy atom. The van der Waals surface area contributed by atoms with E-state index >= 15 is 0 Å². The van der Waals surface area contributed by atoms with Crippen molar-refractivity contribution in [1.82, 2.24) is 14.9 Å². The van der Waals surface area contributed by atoms with E-state index < -0.39 is 0 Å². The number of hydrogen-bond donors (Lipinski definition) is 1. The molecule has 134 valence electrons. The van der Waals surface area contributed by atoms with E-state index in [1.54, 1.807) is 6.21 Å². The van der Waals surface area contributed by atoms with Gasteiger partial charge in [-0.05, 0) is 34.2 Å². The molecule has 0 unspecified atom stereocenters. The van der Waals surface area contributed by atoms with Crippen molar-refractivity contribution >= 4 is 17.8 Å². The number of aromatic amines is 1. The van der Waals surface area contributed by atoms with Gasteiger partial charge in [0, 0.05) is 11.4 Å². The van der Waals surface area contributed by atoms with Crippen molar-refractivity contribution < 1.29 is 0 Å². The van der Waals surface area contributed by atoms with Gasteiger partial charge < -0.3 is 0 Å². The highest BCUT2D eigenvalue weighted by molar-refractivity contribution is 6.30. The first kappa shape index (κ1) is 18.1. The SMILES string of the molecule is CC(C)(C)c1ccc(C=Nn2c(Cc3cccc(Cl)c3)n[nH]c2=O)cc1. The fraction of sp³-hybridized carbons (Fsp3) is 0.250. The molecule has 3 rings (SSSR count). The predicted octanol–water partition coefficient (Wildman–Crippen LogP) is 4.00. The summed E-state index contributed by atoms with van der Waals surface area (Å²) in [7, 11) is 0. The van der Waals surface area contributed by atoms with Crippen LogP contribution in [0.2, 0.25) is 5.02 Å². The van der Waals surface area contributed by atoms with E-state index in [1.165, 1.54) is 10.2 Å². The molecule has 0 amide bonds. The van der Waals surface area contributed by atoms with Gasteiger partial charge in [0.15, 0.2) is 5.82 Å². The largest absolute Gasteiger partial charge is 0.364 e. The van der Waals surface area contributed by atoms with Crippen LogP contribution in [0.15, 0.2) is 58.4 Å². The zero-order chi connectivity index (χ0) is 18.7. The summed E-state index contributed by atoms with van der Waals surface area (Å²) < 4.78 is 1.28. The monoisotopic (exact) mass is 368 g/mol. The van der Waals surface area contributed by atoms with Gasteiger partial charge in [-0.25, -0.2) is 9.89 Å². The highest BCUT2D eigenvalue weighted by Gasteiger charge is 2.12. The molecule has 0 bridgehead atoms. The van der Waals surface area contributed by atoms with Crippen LogP contribution in [0.1, 0.15) is 43.3 Å². The van der Waals surface area contributed by atoms with Crippen LogP contribution in [0.5, 0.6) is 0 Å². The molecule has 0 aliphatic rings. The van der Waals surface area contributed by atoms with Crippen molar-refractivity contribution in [1.29, 1.82) is 0 Å². The van der Waals surface area contributed by atoms with Gasteiger partial charge in [-0.2, -0.15) is 14.9 Å². The van der Waals surface area contributed by atoms with Crippen LogP contribution in [-0.2, 0) is 11.8 Å². The van der Waals surface area contributed by atoms with Gasteiger partial charge in [-0.15, -0.1) is 0 Å². The molecule has 3 aromatic rings. The Morgan fingerprint density at radius 2 is 1.92 bits per heavy atom. The molecule has 1 heterocycles. The van der Waals surface area contributed by atoms with Crippen molar-refractivity contribution in [3.63, 3.8) is 0 Å². The van der Waals surface area contributed by atoms with Gasteiger partial charge in [0.25, 0.3) is 0 Å². The van der Waals surface area contributed by atoms with Gasteiger partial charge in [0.1, 0.15) is 0 Å².